The lowest BCUT2D eigenvalue weighted by molar-refractivity contribution is -0.384. The second-order valence-electron chi connectivity index (χ2n) is 11.1. The molecule has 4 rings (SSSR count). The Balaban J connectivity index is 1.81. The van der Waals surface area contributed by atoms with Crippen molar-refractivity contribution >= 4 is 33.2 Å². The van der Waals surface area contributed by atoms with Gasteiger partial charge in [-0.2, -0.15) is 0 Å². The minimum atomic E-state index is -4.38. The molecule has 0 saturated carbocycles. The molecule has 0 radical (unpaired) electrons. The third-order valence-corrected chi connectivity index (χ3v) is 9.00. The second-order valence-corrected chi connectivity index (χ2v) is 12.9. The Morgan fingerprint density at radius 3 is 2.04 bits per heavy atom. The first kappa shape index (κ1) is 33.8. The van der Waals surface area contributed by atoms with Crippen LogP contribution >= 0.6 is 0 Å². The number of non-ortho nitro benzene ring substituents is 1. The molecule has 10 nitrogen and oxygen atoms in total. The van der Waals surface area contributed by atoms with Crippen molar-refractivity contribution in [3.05, 3.63) is 136 Å². The molecule has 2 amide bonds. The van der Waals surface area contributed by atoms with Gasteiger partial charge in [-0.25, -0.2) is 12.8 Å². The molecule has 0 aliphatic heterocycles. The van der Waals surface area contributed by atoms with E-state index in [1.807, 2.05) is 19.9 Å². The molecule has 240 valence electrons. The van der Waals surface area contributed by atoms with E-state index in [1.165, 1.54) is 59.5 Å². The molecule has 46 heavy (non-hydrogen) atoms. The summed E-state index contributed by atoms with van der Waals surface area (Å²) in [6, 6.07) is 25.9. The summed E-state index contributed by atoms with van der Waals surface area (Å²) in [6.45, 7) is 3.07. The van der Waals surface area contributed by atoms with Gasteiger partial charge in [0.15, 0.2) is 0 Å². The summed E-state index contributed by atoms with van der Waals surface area (Å²) in [5, 5.41) is 14.2. The molecule has 0 aliphatic rings. The highest BCUT2D eigenvalue weighted by atomic mass is 32.2. The molecule has 0 heterocycles. The number of hydrogen-bond acceptors (Lipinski definition) is 6. The Morgan fingerprint density at radius 2 is 1.46 bits per heavy atom. The van der Waals surface area contributed by atoms with E-state index in [9.17, 15) is 32.5 Å². The lowest BCUT2D eigenvalue weighted by atomic mass is 10.0. The number of carbonyl (C=O) groups excluding carboxylic acids is 2. The topological polar surface area (TPSA) is 130 Å². The lowest BCUT2D eigenvalue weighted by Crippen LogP contribution is -2.53. The predicted molar refractivity (Wildman–Crippen MR) is 173 cm³/mol. The van der Waals surface area contributed by atoms with E-state index in [0.717, 1.165) is 22.0 Å². The number of sulfonamides is 1. The smallest absolute Gasteiger partial charge is 0.269 e. The SMILES string of the molecule is CC(C)CNC(=O)[C@@H](Cc1ccccc1)N(Cc1ccccc1F)C(=O)CN(c1ccc([N+](=O)[O-])cc1)S(=O)(=O)c1ccccc1. The van der Waals surface area contributed by atoms with Gasteiger partial charge in [-0.15, -0.1) is 0 Å². The number of nitrogens with zero attached hydrogens (tertiary/aromatic N) is 3. The highest BCUT2D eigenvalue weighted by Crippen LogP contribution is 2.27. The summed E-state index contributed by atoms with van der Waals surface area (Å²) in [4.78, 5) is 39.9. The second kappa shape index (κ2) is 15.3. The summed E-state index contributed by atoms with van der Waals surface area (Å²) in [5.41, 5.74) is 0.608. The van der Waals surface area contributed by atoms with Crippen molar-refractivity contribution in [2.24, 2.45) is 5.92 Å². The molecule has 1 atom stereocenters. The number of anilines is 1. The van der Waals surface area contributed by atoms with Crippen LogP contribution in [-0.4, -0.2) is 49.2 Å². The van der Waals surface area contributed by atoms with Crippen LogP contribution in [0, 0.1) is 21.8 Å². The minimum Gasteiger partial charge on any atom is -0.354 e. The molecule has 12 heteroatoms. The van der Waals surface area contributed by atoms with Gasteiger partial charge in [0.2, 0.25) is 11.8 Å². The van der Waals surface area contributed by atoms with Crippen molar-refractivity contribution < 1.29 is 27.3 Å². The third-order valence-electron chi connectivity index (χ3n) is 7.21. The summed E-state index contributed by atoms with van der Waals surface area (Å²) in [5.74, 6) is -1.74. The van der Waals surface area contributed by atoms with Gasteiger partial charge >= 0.3 is 0 Å². The first-order chi connectivity index (χ1) is 22.0. The lowest BCUT2D eigenvalue weighted by Gasteiger charge is -2.34. The van der Waals surface area contributed by atoms with E-state index >= 15 is 0 Å². The van der Waals surface area contributed by atoms with Crippen LogP contribution in [-0.2, 0) is 32.6 Å². The average molecular weight is 647 g/mol. The predicted octanol–water partition coefficient (Wildman–Crippen LogP) is 5.34. The van der Waals surface area contributed by atoms with E-state index in [-0.39, 0.29) is 40.7 Å². The Hall–Kier alpha value is -5.10. The Morgan fingerprint density at radius 1 is 0.870 bits per heavy atom. The number of hydrogen-bond donors (Lipinski definition) is 1. The fourth-order valence-corrected chi connectivity index (χ4v) is 6.21. The summed E-state index contributed by atoms with van der Waals surface area (Å²) >= 11 is 0. The number of nitro groups is 1. The first-order valence-corrected chi connectivity index (χ1v) is 16.1. The average Bonchev–Trinajstić information content (AvgIpc) is 3.05. The van der Waals surface area contributed by atoms with Crippen molar-refractivity contribution in [3.8, 4) is 0 Å². The van der Waals surface area contributed by atoms with Crippen LogP contribution in [0.1, 0.15) is 25.0 Å². The van der Waals surface area contributed by atoms with Gasteiger partial charge in [0.1, 0.15) is 18.4 Å². The molecule has 0 unspecified atom stereocenters. The van der Waals surface area contributed by atoms with Gasteiger partial charge in [0.05, 0.1) is 15.5 Å². The van der Waals surface area contributed by atoms with Gasteiger partial charge in [-0.05, 0) is 41.8 Å². The molecule has 4 aromatic carbocycles. The van der Waals surface area contributed by atoms with Crippen molar-refractivity contribution in [2.45, 2.75) is 37.8 Å². The molecule has 0 saturated heterocycles. The van der Waals surface area contributed by atoms with Crippen LogP contribution in [0.15, 0.2) is 114 Å². The fourth-order valence-electron chi connectivity index (χ4n) is 4.78. The van der Waals surface area contributed by atoms with Gasteiger partial charge in [0.25, 0.3) is 15.7 Å². The first-order valence-electron chi connectivity index (χ1n) is 14.6. The molecule has 0 aliphatic carbocycles. The quantitative estimate of drug-likeness (QED) is 0.145. The number of halogens is 1. The third kappa shape index (κ3) is 8.54. The van der Waals surface area contributed by atoms with E-state index in [4.69, 9.17) is 0 Å². The number of nitrogens with one attached hydrogen (secondary N) is 1. The highest BCUT2D eigenvalue weighted by molar-refractivity contribution is 7.92. The monoisotopic (exact) mass is 646 g/mol. The maximum Gasteiger partial charge on any atom is 0.269 e. The van der Waals surface area contributed by atoms with E-state index in [2.05, 4.69) is 5.32 Å². The van der Waals surface area contributed by atoms with E-state index in [0.29, 0.717) is 6.54 Å². The zero-order valence-corrected chi connectivity index (χ0v) is 26.3. The van der Waals surface area contributed by atoms with Crippen molar-refractivity contribution in [3.63, 3.8) is 0 Å². The molecule has 0 fully saturated rings. The van der Waals surface area contributed by atoms with Gasteiger partial charge in [0, 0.05) is 37.2 Å². The molecule has 4 aromatic rings. The highest BCUT2D eigenvalue weighted by Gasteiger charge is 2.35. The molecule has 1 N–H and O–H groups in total. The van der Waals surface area contributed by atoms with Crippen LogP contribution in [0.5, 0.6) is 0 Å². The zero-order chi connectivity index (χ0) is 33.3. The van der Waals surface area contributed by atoms with E-state index < -0.39 is 45.2 Å². The maximum atomic E-state index is 15.0. The van der Waals surface area contributed by atoms with Crippen LogP contribution in [0.25, 0.3) is 0 Å². The van der Waals surface area contributed by atoms with Gasteiger partial charge in [-0.3, -0.25) is 24.0 Å². The van der Waals surface area contributed by atoms with Crippen LogP contribution in [0.2, 0.25) is 0 Å². The van der Waals surface area contributed by atoms with Crippen molar-refractivity contribution in [1.29, 1.82) is 0 Å². The van der Waals surface area contributed by atoms with Crippen LogP contribution in [0.3, 0.4) is 0 Å². The Labute approximate surface area is 267 Å². The zero-order valence-electron chi connectivity index (χ0n) is 25.5. The number of rotatable bonds is 14. The largest absolute Gasteiger partial charge is 0.354 e. The van der Waals surface area contributed by atoms with Crippen LogP contribution in [0.4, 0.5) is 15.8 Å². The maximum absolute atomic E-state index is 15.0. The van der Waals surface area contributed by atoms with E-state index in [1.54, 1.807) is 36.4 Å². The summed E-state index contributed by atoms with van der Waals surface area (Å²) in [6.07, 6.45) is 0.0773. The molecule has 0 aromatic heterocycles. The number of nitro benzene ring substituents is 1. The molecule has 0 spiro atoms. The van der Waals surface area contributed by atoms with Crippen LogP contribution < -0.4 is 9.62 Å². The van der Waals surface area contributed by atoms with Gasteiger partial charge < -0.3 is 10.2 Å². The fraction of sp³-hybridized carbons (Fsp3) is 0.235. The number of carbonyl (C=O) groups is 2. The number of amides is 2. The molecular formula is C34H35FN4O6S. The standard InChI is InChI=1S/C34H35FN4O6S/c1-25(2)22-36-34(41)32(21-26-11-5-3-6-12-26)37(23-27-13-9-10-16-31(27)35)33(40)24-38(28-17-19-29(20-18-28)39(42)43)46(44,45)30-14-7-4-8-15-30/h3-20,25,32H,21-24H2,1-2H3,(H,36,41)/t32-/m1/s1. The Kier molecular flexibility index (Phi) is 11.2. The molecule has 0 bridgehead atoms. The Bertz CT molecular complexity index is 1750. The summed E-state index contributed by atoms with van der Waals surface area (Å²) < 4.78 is 43.8. The normalized spacial score (nSPS) is 11.9. The molecular weight excluding hydrogens is 611 g/mol. The minimum absolute atomic E-state index is 0.00230. The number of benzene rings is 4. The van der Waals surface area contributed by atoms with Crippen molar-refractivity contribution in [2.75, 3.05) is 17.4 Å². The summed E-state index contributed by atoms with van der Waals surface area (Å²) in [7, 11) is -4.38. The van der Waals surface area contributed by atoms with Crippen molar-refractivity contribution in [1.82, 2.24) is 10.2 Å². The van der Waals surface area contributed by atoms with Gasteiger partial charge in [-0.1, -0.05) is 80.6 Å².